The molecule has 0 N–H and O–H groups in total. The molecule has 0 unspecified atom stereocenters. The van der Waals surface area contributed by atoms with Crippen molar-refractivity contribution in [1.82, 2.24) is 0 Å². The number of alkyl halides is 1. The second kappa shape index (κ2) is 5.82. The zero-order valence-electron chi connectivity index (χ0n) is 3.65. The Morgan fingerprint density at radius 1 is 1.83 bits per heavy atom. The molecule has 36 valence electrons. The second-order valence-corrected chi connectivity index (χ2v) is 3.44. The van der Waals surface area contributed by atoms with E-state index in [0.29, 0.717) is 0 Å². The number of rotatable bonds is 2. The fraction of sp³-hybridized carbons (Fsp3) is 0.500. The molecule has 6 heavy (non-hydrogen) atoms. The van der Waals surface area contributed by atoms with Crippen LogP contribution >= 0.6 is 34.4 Å². The third-order valence-electron chi connectivity index (χ3n) is 0.295. The Morgan fingerprint density at radius 3 is 2.67 bits per heavy atom. The van der Waals surface area contributed by atoms with Gasteiger partial charge in [0.25, 0.3) is 0 Å². The Bertz CT molecular complexity index is 42.8. The first-order valence-electron chi connectivity index (χ1n) is 1.70. The monoisotopic (exact) mass is 214 g/mol. The summed E-state index contributed by atoms with van der Waals surface area (Å²) in [4.78, 5) is 0. The molecule has 0 amide bonds. The lowest BCUT2D eigenvalue weighted by atomic mass is 10.8. The largest absolute Gasteiger partial charge is 0.124 e. The summed E-state index contributed by atoms with van der Waals surface area (Å²) in [6.45, 7) is 2.03. The van der Waals surface area contributed by atoms with Crippen LogP contribution in [0.15, 0.2) is 11.5 Å². The van der Waals surface area contributed by atoms with Crippen LogP contribution in [0.2, 0.25) is 0 Å². The predicted molar refractivity (Wildman–Crippen MR) is 41.3 cm³/mol. The van der Waals surface area contributed by atoms with Crippen molar-refractivity contribution in [3.05, 3.63) is 11.5 Å². The summed E-state index contributed by atoms with van der Waals surface area (Å²) in [6.07, 6.45) is 2.04. The molecule has 0 aromatic carbocycles. The lowest BCUT2D eigenvalue weighted by Crippen LogP contribution is -1.46. The van der Waals surface area contributed by atoms with E-state index in [2.05, 4.69) is 28.0 Å². The van der Waals surface area contributed by atoms with Crippen LogP contribution in [0, 0.1) is 0 Å². The van der Waals surface area contributed by atoms with E-state index in [4.69, 9.17) is 0 Å². The summed E-state index contributed by atoms with van der Waals surface area (Å²) >= 11 is 4.14. The average molecular weight is 214 g/mol. The Labute approximate surface area is 56.5 Å². The molecule has 0 spiro atoms. The number of hydrogen-bond donors (Lipinski definition) is 0. The molecular weight excluding hydrogens is 207 g/mol. The van der Waals surface area contributed by atoms with Gasteiger partial charge >= 0.3 is 0 Å². The Kier molecular flexibility index (Phi) is 6.62. The molecule has 0 heterocycles. The van der Waals surface area contributed by atoms with Gasteiger partial charge < -0.3 is 0 Å². The summed E-state index contributed by atoms with van der Waals surface area (Å²) in [5, 5.41) is 2.09. The number of halogens is 1. The molecule has 0 aliphatic heterocycles. The highest BCUT2D eigenvalue weighted by Gasteiger charge is 1.66. The van der Waals surface area contributed by atoms with E-state index in [9.17, 15) is 0 Å². The van der Waals surface area contributed by atoms with E-state index in [1.54, 1.807) is 0 Å². The van der Waals surface area contributed by atoms with Gasteiger partial charge in [-0.25, -0.2) is 0 Å². The van der Waals surface area contributed by atoms with Gasteiger partial charge in [-0.3, -0.25) is 0 Å². The van der Waals surface area contributed by atoms with Crippen molar-refractivity contribution in [3.8, 4) is 0 Å². The summed E-state index contributed by atoms with van der Waals surface area (Å²) in [6, 6.07) is 0. The van der Waals surface area contributed by atoms with Crippen molar-refractivity contribution in [2.45, 2.75) is 6.92 Å². The molecule has 0 aromatic heterocycles. The standard InChI is InChI=1S/C4H7IS/c1-2-3-6-4-5/h2-3H,4H2,1H3/b3-2-. The first kappa shape index (κ1) is 6.82. The highest BCUT2D eigenvalue weighted by Crippen LogP contribution is 2.04. The van der Waals surface area contributed by atoms with Crippen LogP contribution in [0.4, 0.5) is 0 Å². The van der Waals surface area contributed by atoms with Crippen molar-refractivity contribution >= 4 is 34.4 Å². The number of thioether (sulfide) groups is 1. The zero-order chi connectivity index (χ0) is 4.83. The van der Waals surface area contributed by atoms with Crippen LogP contribution in [0.1, 0.15) is 6.92 Å². The van der Waals surface area contributed by atoms with Crippen molar-refractivity contribution in [2.75, 3.05) is 3.76 Å². The molecule has 2 heteroatoms. The van der Waals surface area contributed by atoms with Gasteiger partial charge in [0, 0.05) is 3.76 Å². The number of hydrogen-bond acceptors (Lipinski definition) is 1. The first-order chi connectivity index (χ1) is 2.91. The maximum atomic E-state index is 2.32. The topological polar surface area (TPSA) is 0 Å². The highest BCUT2D eigenvalue weighted by molar-refractivity contribution is 14.1. The lowest BCUT2D eigenvalue weighted by Gasteiger charge is -1.75. The predicted octanol–water partition coefficient (Wildman–Crippen LogP) is 2.65. The molecule has 0 bridgehead atoms. The summed E-state index contributed by atoms with van der Waals surface area (Å²) in [5.74, 6) is 0. The van der Waals surface area contributed by atoms with Crippen molar-refractivity contribution < 1.29 is 0 Å². The molecule has 0 saturated heterocycles. The van der Waals surface area contributed by atoms with E-state index in [1.807, 2.05) is 24.8 Å². The van der Waals surface area contributed by atoms with Gasteiger partial charge in [-0.2, -0.15) is 0 Å². The van der Waals surface area contributed by atoms with Gasteiger partial charge in [0.05, 0.1) is 0 Å². The third-order valence-corrected chi connectivity index (χ3v) is 1.96. The highest BCUT2D eigenvalue weighted by atomic mass is 127. The lowest BCUT2D eigenvalue weighted by molar-refractivity contribution is 1.79. The number of allylic oxidation sites excluding steroid dienone is 1. The molecule has 0 aromatic rings. The fourth-order valence-electron chi connectivity index (χ4n) is 0.133. The van der Waals surface area contributed by atoms with Crippen LogP contribution in [0.25, 0.3) is 0 Å². The molecule has 0 radical (unpaired) electrons. The minimum absolute atomic E-state index is 1.15. The van der Waals surface area contributed by atoms with E-state index >= 15 is 0 Å². The van der Waals surface area contributed by atoms with E-state index in [-0.39, 0.29) is 0 Å². The van der Waals surface area contributed by atoms with Crippen molar-refractivity contribution in [3.63, 3.8) is 0 Å². The van der Waals surface area contributed by atoms with Crippen LogP contribution in [-0.2, 0) is 0 Å². The van der Waals surface area contributed by atoms with Gasteiger partial charge in [0.15, 0.2) is 0 Å². The van der Waals surface area contributed by atoms with Gasteiger partial charge in [-0.15, -0.1) is 11.8 Å². The maximum Gasteiger partial charge on any atom is 0.0495 e. The summed E-state index contributed by atoms with van der Waals surface area (Å²) < 4.78 is 1.15. The van der Waals surface area contributed by atoms with Gasteiger partial charge in [-0.05, 0) is 12.3 Å². The Hall–Kier alpha value is 0.820. The summed E-state index contributed by atoms with van der Waals surface area (Å²) in [7, 11) is 0. The van der Waals surface area contributed by atoms with Gasteiger partial charge in [0.2, 0.25) is 0 Å². The normalized spacial score (nSPS) is 10.3. The Balaban J connectivity index is 2.66. The van der Waals surface area contributed by atoms with Gasteiger partial charge in [0.1, 0.15) is 0 Å². The fourth-order valence-corrected chi connectivity index (χ4v) is 1.02. The van der Waals surface area contributed by atoms with Crippen LogP contribution in [-0.4, -0.2) is 3.76 Å². The van der Waals surface area contributed by atoms with Crippen molar-refractivity contribution in [2.24, 2.45) is 0 Å². The minimum atomic E-state index is 1.15. The average Bonchev–Trinajstić information content (AvgIpc) is 1.61. The van der Waals surface area contributed by atoms with E-state index in [0.717, 1.165) is 3.76 Å². The first-order valence-corrected chi connectivity index (χ1v) is 4.28. The molecule has 0 fully saturated rings. The smallest absolute Gasteiger partial charge is 0.0495 e. The zero-order valence-corrected chi connectivity index (χ0v) is 6.62. The molecule has 0 nitrogen and oxygen atoms in total. The van der Waals surface area contributed by atoms with Crippen LogP contribution in [0.5, 0.6) is 0 Å². The molecular formula is C4H7IS. The molecule has 0 atom stereocenters. The SMILES string of the molecule is C/C=C\SCI. The van der Waals surface area contributed by atoms with Gasteiger partial charge in [-0.1, -0.05) is 28.7 Å². The minimum Gasteiger partial charge on any atom is -0.124 e. The van der Waals surface area contributed by atoms with Crippen LogP contribution in [0.3, 0.4) is 0 Å². The second-order valence-electron chi connectivity index (χ2n) is 0.745. The molecule has 0 aliphatic carbocycles. The van der Waals surface area contributed by atoms with E-state index in [1.165, 1.54) is 0 Å². The molecule has 0 saturated carbocycles. The summed E-state index contributed by atoms with van der Waals surface area (Å²) in [5.41, 5.74) is 0. The van der Waals surface area contributed by atoms with Crippen molar-refractivity contribution in [1.29, 1.82) is 0 Å². The molecule has 0 aliphatic rings. The quantitative estimate of drug-likeness (QED) is 0.503. The third kappa shape index (κ3) is 4.82. The maximum absolute atomic E-state index is 2.32. The molecule has 0 rings (SSSR count). The van der Waals surface area contributed by atoms with Crippen LogP contribution < -0.4 is 0 Å². The van der Waals surface area contributed by atoms with E-state index < -0.39 is 0 Å². The Morgan fingerprint density at radius 2 is 2.50 bits per heavy atom.